The molecule has 0 saturated heterocycles. The maximum Gasteiger partial charge on any atom is 0.241 e. The van der Waals surface area contributed by atoms with Crippen LogP contribution in [-0.2, 0) is 29.6 Å². The van der Waals surface area contributed by atoms with Crippen LogP contribution in [-0.4, -0.2) is 18.5 Å². The molecule has 21 heavy (non-hydrogen) atoms. The predicted octanol–water partition coefficient (Wildman–Crippen LogP) is 1.98. The van der Waals surface area contributed by atoms with Gasteiger partial charge in [0.2, 0.25) is 10.0 Å². The Bertz CT molecular complexity index is 724. The van der Waals surface area contributed by atoms with E-state index in [9.17, 15) is 13.5 Å². The van der Waals surface area contributed by atoms with Gasteiger partial charge in [-0.05, 0) is 30.5 Å². The molecular weight excluding hydrogens is 308 g/mol. The van der Waals surface area contributed by atoms with Crippen molar-refractivity contribution in [3.63, 3.8) is 0 Å². The first-order valence-corrected chi connectivity index (χ1v) is 8.90. The van der Waals surface area contributed by atoms with E-state index in [0.29, 0.717) is 12.0 Å². The van der Waals surface area contributed by atoms with Gasteiger partial charge < -0.3 is 5.11 Å². The molecule has 5 nitrogen and oxygen atoms in total. The van der Waals surface area contributed by atoms with E-state index in [1.54, 1.807) is 18.3 Å². The number of sulfonamides is 1. The summed E-state index contributed by atoms with van der Waals surface area (Å²) >= 11 is 1.46. The smallest absolute Gasteiger partial charge is 0.241 e. The van der Waals surface area contributed by atoms with Crippen LogP contribution in [0.1, 0.15) is 27.9 Å². The van der Waals surface area contributed by atoms with Gasteiger partial charge in [0.25, 0.3) is 0 Å². The van der Waals surface area contributed by atoms with Gasteiger partial charge in [0.1, 0.15) is 0 Å². The van der Waals surface area contributed by atoms with E-state index < -0.39 is 10.0 Å². The van der Waals surface area contributed by atoms with Crippen molar-refractivity contribution in [2.75, 3.05) is 0 Å². The number of aliphatic hydroxyl groups is 1. The number of nitrogens with one attached hydrogen (secondary N) is 1. The highest BCUT2D eigenvalue weighted by Gasteiger charge is 2.18. The third kappa shape index (κ3) is 3.88. The first kappa shape index (κ1) is 16.1. The van der Waals surface area contributed by atoms with Crippen LogP contribution >= 0.6 is 11.3 Å². The lowest BCUT2D eigenvalue weighted by Gasteiger charge is -2.11. The van der Waals surface area contributed by atoms with Gasteiger partial charge in [0.15, 0.2) is 0 Å². The zero-order valence-electron chi connectivity index (χ0n) is 12.0. The molecule has 0 aliphatic carbocycles. The Morgan fingerprint density at radius 3 is 2.71 bits per heavy atom. The van der Waals surface area contributed by atoms with E-state index in [1.165, 1.54) is 17.4 Å². The van der Waals surface area contributed by atoms with Gasteiger partial charge in [-0.2, -0.15) is 0 Å². The largest absolute Gasteiger partial charge is 0.392 e. The highest BCUT2D eigenvalue weighted by molar-refractivity contribution is 7.89. The van der Waals surface area contributed by atoms with Crippen molar-refractivity contribution in [1.82, 2.24) is 9.71 Å². The molecule has 1 heterocycles. The van der Waals surface area contributed by atoms with E-state index in [0.717, 1.165) is 15.4 Å². The monoisotopic (exact) mass is 326 g/mol. The highest BCUT2D eigenvalue weighted by atomic mass is 32.2. The van der Waals surface area contributed by atoms with Gasteiger partial charge in [-0.3, -0.25) is 0 Å². The molecule has 0 saturated carbocycles. The Balaban J connectivity index is 2.26. The third-order valence-corrected chi connectivity index (χ3v) is 5.49. The Hall–Kier alpha value is -1.28. The molecule has 0 radical (unpaired) electrons. The minimum Gasteiger partial charge on any atom is -0.392 e. The molecule has 0 atom stereocenters. The van der Waals surface area contributed by atoms with Crippen LogP contribution in [0.2, 0.25) is 0 Å². The van der Waals surface area contributed by atoms with E-state index in [-0.39, 0.29) is 18.0 Å². The van der Waals surface area contributed by atoms with Crippen molar-refractivity contribution in [2.45, 2.75) is 38.3 Å². The van der Waals surface area contributed by atoms with Gasteiger partial charge in [-0.25, -0.2) is 18.1 Å². The molecule has 0 aliphatic rings. The molecule has 0 amide bonds. The fourth-order valence-corrected chi connectivity index (χ4v) is 4.16. The second kappa shape index (κ2) is 6.65. The number of aryl methyl sites for hydroxylation is 2. The number of rotatable bonds is 6. The number of hydrogen-bond donors (Lipinski definition) is 2. The highest BCUT2D eigenvalue weighted by Crippen LogP contribution is 2.20. The maximum absolute atomic E-state index is 12.5. The lowest BCUT2D eigenvalue weighted by atomic mass is 10.1. The average Bonchev–Trinajstić information content (AvgIpc) is 2.90. The van der Waals surface area contributed by atoms with Crippen molar-refractivity contribution < 1.29 is 13.5 Å². The van der Waals surface area contributed by atoms with Crippen molar-refractivity contribution >= 4 is 21.4 Å². The van der Waals surface area contributed by atoms with Gasteiger partial charge in [0.05, 0.1) is 16.5 Å². The van der Waals surface area contributed by atoms with E-state index in [4.69, 9.17) is 0 Å². The molecule has 0 bridgehead atoms. The summed E-state index contributed by atoms with van der Waals surface area (Å²) in [5, 5.41) is 10.1. The van der Waals surface area contributed by atoms with Crippen molar-refractivity contribution in [3.8, 4) is 0 Å². The molecule has 7 heteroatoms. The quantitative estimate of drug-likeness (QED) is 0.851. The molecule has 2 aromatic rings. The topological polar surface area (TPSA) is 79.3 Å². The van der Waals surface area contributed by atoms with Gasteiger partial charge in [0, 0.05) is 17.6 Å². The number of nitrogens with zero attached hydrogens (tertiary/aromatic N) is 1. The number of aliphatic hydroxyl groups excluding tert-OH is 1. The predicted molar refractivity (Wildman–Crippen MR) is 82.6 cm³/mol. The van der Waals surface area contributed by atoms with Crippen LogP contribution in [0.5, 0.6) is 0 Å². The van der Waals surface area contributed by atoms with Crippen molar-refractivity contribution in [3.05, 3.63) is 45.4 Å². The second-order valence-electron chi connectivity index (χ2n) is 4.62. The Morgan fingerprint density at radius 2 is 2.14 bits per heavy atom. The summed E-state index contributed by atoms with van der Waals surface area (Å²) in [5.74, 6) is 0. The summed E-state index contributed by atoms with van der Waals surface area (Å²) < 4.78 is 27.5. The van der Waals surface area contributed by atoms with Gasteiger partial charge in [-0.1, -0.05) is 19.1 Å². The van der Waals surface area contributed by atoms with Crippen molar-refractivity contribution in [1.29, 1.82) is 0 Å². The molecular formula is C14H18N2O3S2. The molecule has 1 aromatic heterocycles. The second-order valence-corrected chi connectivity index (χ2v) is 7.68. The molecule has 1 aromatic carbocycles. The SMILES string of the molecule is CCc1ccc(CO)cc1S(=O)(=O)NCc1cnc(C)s1. The van der Waals surface area contributed by atoms with Crippen LogP contribution in [0.15, 0.2) is 29.3 Å². The summed E-state index contributed by atoms with van der Waals surface area (Å²) in [6.07, 6.45) is 2.29. The molecule has 0 aliphatic heterocycles. The number of hydrogen-bond acceptors (Lipinski definition) is 5. The van der Waals surface area contributed by atoms with E-state index >= 15 is 0 Å². The summed E-state index contributed by atoms with van der Waals surface area (Å²) in [5.41, 5.74) is 1.32. The van der Waals surface area contributed by atoms with Crippen LogP contribution in [0.4, 0.5) is 0 Å². The molecule has 0 spiro atoms. The Morgan fingerprint density at radius 1 is 1.38 bits per heavy atom. The normalized spacial score (nSPS) is 11.8. The number of benzene rings is 1. The lowest BCUT2D eigenvalue weighted by Crippen LogP contribution is -2.24. The van der Waals surface area contributed by atoms with Crippen LogP contribution < -0.4 is 4.72 Å². The van der Waals surface area contributed by atoms with Gasteiger partial charge in [-0.15, -0.1) is 11.3 Å². The lowest BCUT2D eigenvalue weighted by molar-refractivity contribution is 0.281. The molecule has 0 fully saturated rings. The minimum absolute atomic E-state index is 0.180. The van der Waals surface area contributed by atoms with Crippen molar-refractivity contribution in [2.24, 2.45) is 0 Å². The zero-order valence-corrected chi connectivity index (χ0v) is 13.6. The third-order valence-electron chi connectivity index (χ3n) is 3.09. The molecule has 114 valence electrons. The summed E-state index contributed by atoms with van der Waals surface area (Å²) in [7, 11) is -3.61. The van der Waals surface area contributed by atoms with E-state index in [2.05, 4.69) is 9.71 Å². The average molecular weight is 326 g/mol. The Labute approximate surface area is 128 Å². The van der Waals surface area contributed by atoms with E-state index in [1.807, 2.05) is 13.8 Å². The standard InChI is InChI=1S/C14H18N2O3S2/c1-3-12-5-4-11(9-17)6-14(12)21(18,19)16-8-13-7-15-10(2)20-13/h4-7,16-17H,3,8-9H2,1-2H3. The maximum atomic E-state index is 12.5. The first-order valence-electron chi connectivity index (χ1n) is 6.60. The number of thiazole rings is 1. The summed E-state index contributed by atoms with van der Waals surface area (Å²) in [6.45, 7) is 3.82. The van der Waals surface area contributed by atoms with Crippen LogP contribution in [0.3, 0.4) is 0 Å². The first-order chi connectivity index (χ1) is 9.96. The summed E-state index contributed by atoms with van der Waals surface area (Å²) in [6, 6.07) is 5.01. The zero-order chi connectivity index (χ0) is 15.5. The van der Waals surface area contributed by atoms with Crippen LogP contribution in [0, 0.1) is 6.92 Å². The summed E-state index contributed by atoms with van der Waals surface area (Å²) in [4.78, 5) is 5.20. The number of aromatic nitrogens is 1. The fourth-order valence-electron chi connectivity index (χ4n) is 1.97. The van der Waals surface area contributed by atoms with Gasteiger partial charge >= 0.3 is 0 Å². The fraction of sp³-hybridized carbons (Fsp3) is 0.357. The molecule has 2 N–H and O–H groups in total. The molecule has 0 unspecified atom stereocenters. The Kier molecular flexibility index (Phi) is 5.10. The molecule has 2 rings (SSSR count). The minimum atomic E-state index is -3.61. The van der Waals surface area contributed by atoms with Crippen LogP contribution in [0.25, 0.3) is 0 Å².